The summed E-state index contributed by atoms with van der Waals surface area (Å²) >= 11 is 0. The van der Waals surface area contributed by atoms with Crippen LogP contribution in [0.2, 0.25) is 0 Å². The third kappa shape index (κ3) is 2.82. The lowest BCUT2D eigenvalue weighted by molar-refractivity contribution is 0.0543. The lowest BCUT2D eigenvalue weighted by atomic mass is 10.1. The molecule has 0 radical (unpaired) electrons. The molecule has 0 unspecified atom stereocenters. The van der Waals surface area contributed by atoms with Crippen molar-refractivity contribution < 1.29 is 9.53 Å². The molecular formula is C17H18N2O2. The molecule has 0 aliphatic rings. The second kappa shape index (κ2) is 5.45. The number of nitriles is 1. The van der Waals surface area contributed by atoms with E-state index in [1.165, 1.54) is 4.57 Å². The van der Waals surface area contributed by atoms with Crippen LogP contribution in [0.15, 0.2) is 30.8 Å². The highest BCUT2D eigenvalue weighted by atomic mass is 16.6. The Morgan fingerprint density at radius 2 is 2.10 bits per heavy atom. The molecule has 0 fully saturated rings. The smallest absolute Gasteiger partial charge is 0.419 e. The number of benzene rings is 1. The minimum absolute atomic E-state index is 0.220. The summed E-state index contributed by atoms with van der Waals surface area (Å²) in [6.45, 7) is 9.23. The quantitative estimate of drug-likeness (QED) is 0.832. The van der Waals surface area contributed by atoms with Crippen LogP contribution < -0.4 is 0 Å². The van der Waals surface area contributed by atoms with Gasteiger partial charge in [-0.1, -0.05) is 24.8 Å². The lowest BCUT2D eigenvalue weighted by Gasteiger charge is -2.20. The molecule has 0 atom stereocenters. The predicted molar refractivity (Wildman–Crippen MR) is 83.0 cm³/mol. The van der Waals surface area contributed by atoms with Crippen molar-refractivity contribution in [1.82, 2.24) is 4.57 Å². The molecule has 1 aromatic heterocycles. The van der Waals surface area contributed by atoms with Gasteiger partial charge in [0, 0.05) is 5.39 Å². The van der Waals surface area contributed by atoms with Crippen LogP contribution in [0.4, 0.5) is 4.79 Å². The van der Waals surface area contributed by atoms with E-state index >= 15 is 0 Å². The largest absolute Gasteiger partial charge is 0.443 e. The van der Waals surface area contributed by atoms with Crippen LogP contribution in [0.5, 0.6) is 0 Å². The number of rotatable bonds is 2. The monoisotopic (exact) mass is 282 g/mol. The van der Waals surface area contributed by atoms with Crippen molar-refractivity contribution in [3.63, 3.8) is 0 Å². The van der Waals surface area contributed by atoms with Gasteiger partial charge in [-0.3, -0.25) is 0 Å². The Hall–Kier alpha value is -2.54. The van der Waals surface area contributed by atoms with Gasteiger partial charge < -0.3 is 4.74 Å². The van der Waals surface area contributed by atoms with Gasteiger partial charge in [-0.15, -0.1) is 0 Å². The van der Waals surface area contributed by atoms with E-state index in [1.54, 1.807) is 6.08 Å². The molecule has 1 heterocycles. The van der Waals surface area contributed by atoms with E-state index in [4.69, 9.17) is 10.00 Å². The van der Waals surface area contributed by atoms with Crippen LogP contribution in [0.3, 0.4) is 0 Å². The van der Waals surface area contributed by atoms with E-state index < -0.39 is 11.7 Å². The van der Waals surface area contributed by atoms with Crippen molar-refractivity contribution in [2.45, 2.75) is 32.8 Å². The van der Waals surface area contributed by atoms with Crippen molar-refractivity contribution in [2.75, 3.05) is 0 Å². The molecule has 0 aliphatic carbocycles. The number of fused-ring (bicyclic) bond motifs is 1. The number of hydrogen-bond donors (Lipinski definition) is 0. The first kappa shape index (κ1) is 14.9. The zero-order valence-electron chi connectivity index (χ0n) is 12.5. The Labute approximate surface area is 124 Å². The van der Waals surface area contributed by atoms with Crippen molar-refractivity contribution in [1.29, 1.82) is 5.26 Å². The topological polar surface area (TPSA) is 55.0 Å². The molecule has 0 amide bonds. The van der Waals surface area contributed by atoms with Gasteiger partial charge in [-0.05, 0) is 38.5 Å². The van der Waals surface area contributed by atoms with E-state index in [-0.39, 0.29) is 6.42 Å². The summed E-state index contributed by atoms with van der Waals surface area (Å²) in [6, 6.07) is 9.62. The molecule has 0 aliphatic heterocycles. The average Bonchev–Trinajstić information content (AvgIpc) is 2.71. The summed E-state index contributed by atoms with van der Waals surface area (Å²) in [4.78, 5) is 12.5. The summed E-state index contributed by atoms with van der Waals surface area (Å²) in [5, 5.41) is 9.90. The first-order valence-corrected chi connectivity index (χ1v) is 6.74. The van der Waals surface area contributed by atoms with Gasteiger partial charge in [0.1, 0.15) is 5.60 Å². The van der Waals surface area contributed by atoms with Crippen molar-refractivity contribution in [2.24, 2.45) is 0 Å². The molecule has 4 heteroatoms. The molecule has 0 N–H and O–H groups in total. The highest BCUT2D eigenvalue weighted by Crippen LogP contribution is 2.28. The van der Waals surface area contributed by atoms with Gasteiger partial charge in [-0.2, -0.15) is 5.26 Å². The molecule has 0 bridgehead atoms. The Kier molecular flexibility index (Phi) is 3.86. The summed E-state index contributed by atoms with van der Waals surface area (Å²) < 4.78 is 6.95. The second-order valence-corrected chi connectivity index (χ2v) is 5.74. The SMILES string of the molecule is C=Cc1c(CC#N)c2ccccc2n1C(=O)OC(C)(C)C. The van der Waals surface area contributed by atoms with E-state index in [0.29, 0.717) is 5.69 Å². The number of carbonyl (C=O) groups excluding carboxylic acids is 1. The van der Waals surface area contributed by atoms with E-state index in [1.807, 2.05) is 45.0 Å². The van der Waals surface area contributed by atoms with E-state index in [9.17, 15) is 4.79 Å². The maximum atomic E-state index is 12.5. The molecule has 0 saturated heterocycles. The van der Waals surface area contributed by atoms with Crippen LogP contribution in [-0.2, 0) is 11.2 Å². The van der Waals surface area contributed by atoms with Gasteiger partial charge >= 0.3 is 6.09 Å². The highest BCUT2D eigenvalue weighted by molar-refractivity contribution is 5.96. The Bertz CT molecular complexity index is 742. The Balaban J connectivity index is 2.70. The van der Waals surface area contributed by atoms with Gasteiger partial charge in [0.25, 0.3) is 0 Å². The third-order valence-corrected chi connectivity index (χ3v) is 3.05. The van der Waals surface area contributed by atoms with Gasteiger partial charge in [-0.25, -0.2) is 9.36 Å². The number of hydrogen-bond acceptors (Lipinski definition) is 3. The van der Waals surface area contributed by atoms with E-state index in [2.05, 4.69) is 12.6 Å². The normalized spacial score (nSPS) is 11.1. The minimum Gasteiger partial charge on any atom is -0.443 e. The minimum atomic E-state index is -0.587. The molecule has 0 saturated carbocycles. The number of carbonyl (C=O) groups is 1. The lowest BCUT2D eigenvalue weighted by Crippen LogP contribution is -2.27. The zero-order chi connectivity index (χ0) is 15.6. The first-order valence-electron chi connectivity index (χ1n) is 6.74. The fourth-order valence-electron chi connectivity index (χ4n) is 2.31. The second-order valence-electron chi connectivity index (χ2n) is 5.74. The number of nitrogens with zero attached hydrogens (tertiary/aromatic N) is 2. The highest BCUT2D eigenvalue weighted by Gasteiger charge is 2.23. The van der Waals surface area contributed by atoms with Crippen LogP contribution in [-0.4, -0.2) is 16.3 Å². The number of ether oxygens (including phenoxy) is 1. The Morgan fingerprint density at radius 3 is 2.67 bits per heavy atom. The molecule has 0 spiro atoms. The maximum Gasteiger partial charge on any atom is 0.419 e. The van der Waals surface area contributed by atoms with Gasteiger partial charge in [0.2, 0.25) is 0 Å². The summed E-state index contributed by atoms with van der Waals surface area (Å²) in [6.07, 6.45) is 1.35. The predicted octanol–water partition coefficient (Wildman–Crippen LogP) is 4.13. The maximum absolute atomic E-state index is 12.5. The zero-order valence-corrected chi connectivity index (χ0v) is 12.5. The van der Waals surface area contributed by atoms with Crippen LogP contribution >= 0.6 is 0 Å². The molecule has 4 nitrogen and oxygen atoms in total. The van der Waals surface area contributed by atoms with Crippen LogP contribution in [0.1, 0.15) is 32.0 Å². The van der Waals surface area contributed by atoms with Crippen molar-refractivity contribution in [3.8, 4) is 6.07 Å². The number of para-hydroxylation sites is 1. The molecular weight excluding hydrogens is 264 g/mol. The number of aromatic nitrogens is 1. The summed E-state index contributed by atoms with van der Waals surface area (Å²) in [7, 11) is 0. The first-order chi connectivity index (χ1) is 9.89. The van der Waals surface area contributed by atoms with Gasteiger partial charge in [0.05, 0.1) is 23.7 Å². The molecule has 2 aromatic rings. The molecule has 108 valence electrons. The van der Waals surface area contributed by atoms with Crippen LogP contribution in [0.25, 0.3) is 17.0 Å². The fraction of sp³-hybridized carbons (Fsp3) is 0.294. The molecule has 2 rings (SSSR count). The van der Waals surface area contributed by atoms with E-state index in [0.717, 1.165) is 16.5 Å². The standard InChI is InChI=1S/C17H18N2O2/c1-5-14-13(10-11-18)12-8-6-7-9-15(12)19(14)16(20)21-17(2,3)4/h5-9H,1,10H2,2-4H3. The third-order valence-electron chi connectivity index (χ3n) is 3.05. The summed E-state index contributed by atoms with van der Waals surface area (Å²) in [5.74, 6) is 0. The van der Waals surface area contributed by atoms with Crippen molar-refractivity contribution >= 4 is 23.1 Å². The van der Waals surface area contributed by atoms with Crippen LogP contribution in [0, 0.1) is 11.3 Å². The van der Waals surface area contributed by atoms with Gasteiger partial charge in [0.15, 0.2) is 0 Å². The molecule has 1 aromatic carbocycles. The average molecular weight is 282 g/mol. The fourth-order valence-corrected chi connectivity index (χ4v) is 2.31. The molecule has 21 heavy (non-hydrogen) atoms. The summed E-state index contributed by atoms with van der Waals surface area (Å²) in [5.41, 5.74) is 1.56. The van der Waals surface area contributed by atoms with Crippen molar-refractivity contribution in [3.05, 3.63) is 42.1 Å². The Morgan fingerprint density at radius 1 is 1.43 bits per heavy atom.